The van der Waals surface area contributed by atoms with Crippen LogP contribution in [0, 0.1) is 5.82 Å². The second kappa shape index (κ2) is 6.95. The van der Waals surface area contributed by atoms with Crippen molar-refractivity contribution in [2.75, 3.05) is 6.54 Å². The predicted octanol–water partition coefficient (Wildman–Crippen LogP) is 3.00. The molecule has 0 aliphatic rings. The molecule has 2 aromatic rings. The van der Waals surface area contributed by atoms with Crippen LogP contribution in [0.2, 0.25) is 0 Å². The molecule has 1 unspecified atom stereocenters. The lowest BCUT2D eigenvalue weighted by molar-refractivity contribution is 0.480. The molecule has 0 radical (unpaired) electrons. The number of aryl methyl sites for hydroxylation is 1. The van der Waals surface area contributed by atoms with E-state index in [1.54, 1.807) is 4.68 Å². The first-order chi connectivity index (χ1) is 9.61. The largest absolute Gasteiger partial charge is 0.309 e. The molecule has 4 nitrogen and oxygen atoms in total. The van der Waals surface area contributed by atoms with Crippen molar-refractivity contribution in [1.29, 1.82) is 0 Å². The molecule has 1 atom stereocenters. The van der Waals surface area contributed by atoms with Gasteiger partial charge in [-0.1, -0.05) is 28.9 Å². The van der Waals surface area contributed by atoms with Gasteiger partial charge in [0.15, 0.2) is 0 Å². The van der Waals surface area contributed by atoms with Crippen LogP contribution in [0.25, 0.3) is 0 Å². The van der Waals surface area contributed by atoms with Crippen molar-refractivity contribution < 1.29 is 4.39 Å². The fourth-order valence-electron chi connectivity index (χ4n) is 2.08. The van der Waals surface area contributed by atoms with E-state index in [1.165, 1.54) is 12.4 Å². The van der Waals surface area contributed by atoms with Crippen LogP contribution in [0.4, 0.5) is 4.39 Å². The normalized spacial score (nSPS) is 12.6. The minimum atomic E-state index is -0.213. The summed E-state index contributed by atoms with van der Waals surface area (Å²) in [6, 6.07) is 5.05. The van der Waals surface area contributed by atoms with Gasteiger partial charge in [0.05, 0.1) is 0 Å². The maximum absolute atomic E-state index is 14.1. The molecule has 0 saturated carbocycles. The summed E-state index contributed by atoms with van der Waals surface area (Å²) < 4.78 is 16.6. The van der Waals surface area contributed by atoms with Gasteiger partial charge < -0.3 is 5.32 Å². The number of halogens is 2. The smallest absolute Gasteiger partial charge is 0.138 e. The molecule has 0 bridgehead atoms. The molecule has 20 heavy (non-hydrogen) atoms. The fourth-order valence-corrected chi connectivity index (χ4v) is 2.42. The van der Waals surface area contributed by atoms with E-state index in [0.717, 1.165) is 23.3 Å². The molecule has 1 N–H and O–H groups in total. The standard InChI is InChI=1S/C14H18BrFN4/c1-3-6-17-13(8-14-18-9-19-20(14)2)11-5-4-10(15)7-12(11)16/h4-5,7,9,13,17H,3,6,8H2,1-2H3. The summed E-state index contributed by atoms with van der Waals surface area (Å²) >= 11 is 3.28. The highest BCUT2D eigenvalue weighted by atomic mass is 79.9. The summed E-state index contributed by atoms with van der Waals surface area (Å²) in [6.07, 6.45) is 3.12. The van der Waals surface area contributed by atoms with Gasteiger partial charge in [0.2, 0.25) is 0 Å². The number of hydrogen-bond acceptors (Lipinski definition) is 3. The zero-order chi connectivity index (χ0) is 14.5. The van der Waals surface area contributed by atoms with Crippen LogP contribution >= 0.6 is 15.9 Å². The van der Waals surface area contributed by atoms with Crippen molar-refractivity contribution in [2.45, 2.75) is 25.8 Å². The number of hydrogen-bond donors (Lipinski definition) is 1. The average Bonchev–Trinajstić information content (AvgIpc) is 2.80. The van der Waals surface area contributed by atoms with Crippen molar-refractivity contribution in [3.05, 3.63) is 46.2 Å². The van der Waals surface area contributed by atoms with E-state index in [0.29, 0.717) is 12.0 Å². The van der Waals surface area contributed by atoms with Gasteiger partial charge in [-0.15, -0.1) is 0 Å². The summed E-state index contributed by atoms with van der Waals surface area (Å²) in [7, 11) is 1.84. The molecule has 1 heterocycles. The molecule has 108 valence electrons. The molecule has 1 aromatic carbocycles. The Bertz CT molecular complexity index is 570. The maximum atomic E-state index is 14.1. The lowest BCUT2D eigenvalue weighted by Crippen LogP contribution is -2.26. The van der Waals surface area contributed by atoms with Crippen LogP contribution in [0.1, 0.15) is 30.8 Å². The van der Waals surface area contributed by atoms with Gasteiger partial charge in [0, 0.05) is 29.5 Å². The molecule has 0 aliphatic carbocycles. The molecule has 1 aromatic heterocycles. The Balaban J connectivity index is 2.24. The highest BCUT2D eigenvalue weighted by Gasteiger charge is 2.18. The maximum Gasteiger partial charge on any atom is 0.138 e. The summed E-state index contributed by atoms with van der Waals surface area (Å²) in [6.45, 7) is 2.92. The Kier molecular flexibility index (Phi) is 5.25. The molecular formula is C14H18BrFN4. The third-order valence-electron chi connectivity index (χ3n) is 3.17. The Labute approximate surface area is 126 Å². The zero-order valence-electron chi connectivity index (χ0n) is 11.6. The lowest BCUT2D eigenvalue weighted by Gasteiger charge is -2.19. The highest BCUT2D eigenvalue weighted by molar-refractivity contribution is 9.10. The number of aromatic nitrogens is 3. The van der Waals surface area contributed by atoms with Gasteiger partial charge in [-0.05, 0) is 25.1 Å². The Morgan fingerprint density at radius 2 is 2.25 bits per heavy atom. The number of rotatable bonds is 6. The molecule has 6 heteroatoms. The number of nitrogens with one attached hydrogen (secondary N) is 1. The van der Waals surface area contributed by atoms with Crippen LogP contribution in [0.5, 0.6) is 0 Å². The molecule has 0 spiro atoms. The van der Waals surface area contributed by atoms with Crippen LogP contribution in [-0.2, 0) is 13.5 Å². The van der Waals surface area contributed by atoms with Crippen molar-refractivity contribution in [1.82, 2.24) is 20.1 Å². The Hall–Kier alpha value is -1.27. The number of nitrogens with zero attached hydrogens (tertiary/aromatic N) is 3. The average molecular weight is 341 g/mol. The second-order valence-electron chi connectivity index (χ2n) is 4.68. The van der Waals surface area contributed by atoms with Gasteiger partial charge >= 0.3 is 0 Å². The van der Waals surface area contributed by atoms with Crippen molar-refractivity contribution in [2.24, 2.45) is 7.05 Å². The van der Waals surface area contributed by atoms with E-state index in [4.69, 9.17) is 0 Å². The minimum absolute atomic E-state index is 0.106. The quantitative estimate of drug-likeness (QED) is 0.878. The first-order valence-corrected chi connectivity index (χ1v) is 7.42. The molecular weight excluding hydrogens is 323 g/mol. The molecule has 0 amide bonds. The van der Waals surface area contributed by atoms with Gasteiger partial charge in [0.1, 0.15) is 18.0 Å². The van der Waals surface area contributed by atoms with E-state index in [1.807, 2.05) is 19.2 Å². The van der Waals surface area contributed by atoms with Crippen molar-refractivity contribution in [3.8, 4) is 0 Å². The second-order valence-corrected chi connectivity index (χ2v) is 5.59. The van der Waals surface area contributed by atoms with E-state index in [2.05, 4.69) is 38.3 Å². The van der Waals surface area contributed by atoms with Gasteiger partial charge in [-0.2, -0.15) is 5.10 Å². The Morgan fingerprint density at radius 3 is 2.85 bits per heavy atom. The molecule has 0 fully saturated rings. The molecule has 0 aliphatic heterocycles. The fraction of sp³-hybridized carbons (Fsp3) is 0.429. The minimum Gasteiger partial charge on any atom is -0.309 e. The van der Waals surface area contributed by atoms with Crippen LogP contribution in [0.15, 0.2) is 29.0 Å². The van der Waals surface area contributed by atoms with Gasteiger partial charge in [-0.3, -0.25) is 4.68 Å². The van der Waals surface area contributed by atoms with Crippen molar-refractivity contribution >= 4 is 15.9 Å². The topological polar surface area (TPSA) is 42.7 Å². The first-order valence-electron chi connectivity index (χ1n) is 6.63. The summed E-state index contributed by atoms with van der Waals surface area (Å²) in [5.41, 5.74) is 0.657. The predicted molar refractivity (Wildman–Crippen MR) is 79.8 cm³/mol. The van der Waals surface area contributed by atoms with Crippen LogP contribution < -0.4 is 5.32 Å². The van der Waals surface area contributed by atoms with Crippen molar-refractivity contribution in [3.63, 3.8) is 0 Å². The SMILES string of the molecule is CCCNC(Cc1ncnn1C)c1ccc(Br)cc1F. The Morgan fingerprint density at radius 1 is 1.45 bits per heavy atom. The van der Waals surface area contributed by atoms with Crippen LogP contribution in [0.3, 0.4) is 0 Å². The first kappa shape index (κ1) is 15.1. The molecule has 2 rings (SSSR count). The van der Waals surface area contributed by atoms with Gasteiger partial charge in [0.25, 0.3) is 0 Å². The summed E-state index contributed by atoms with van der Waals surface area (Å²) in [5, 5.41) is 7.43. The summed E-state index contributed by atoms with van der Waals surface area (Å²) in [5.74, 6) is 0.621. The lowest BCUT2D eigenvalue weighted by atomic mass is 10.0. The highest BCUT2D eigenvalue weighted by Crippen LogP contribution is 2.23. The van der Waals surface area contributed by atoms with Crippen LogP contribution in [-0.4, -0.2) is 21.3 Å². The van der Waals surface area contributed by atoms with E-state index in [-0.39, 0.29) is 11.9 Å². The van der Waals surface area contributed by atoms with E-state index in [9.17, 15) is 4.39 Å². The van der Waals surface area contributed by atoms with Gasteiger partial charge in [-0.25, -0.2) is 9.37 Å². The molecule has 0 saturated heterocycles. The zero-order valence-corrected chi connectivity index (χ0v) is 13.2. The van der Waals surface area contributed by atoms with E-state index >= 15 is 0 Å². The number of benzene rings is 1. The summed E-state index contributed by atoms with van der Waals surface area (Å²) in [4.78, 5) is 4.22. The monoisotopic (exact) mass is 340 g/mol. The third-order valence-corrected chi connectivity index (χ3v) is 3.66. The van der Waals surface area contributed by atoms with E-state index < -0.39 is 0 Å². The third kappa shape index (κ3) is 3.64.